The second kappa shape index (κ2) is 9.07. The second-order valence-electron chi connectivity index (χ2n) is 8.83. The highest BCUT2D eigenvalue weighted by molar-refractivity contribution is 5.94. The van der Waals surface area contributed by atoms with Crippen LogP contribution in [0.5, 0.6) is 5.75 Å². The quantitative estimate of drug-likeness (QED) is 0.545. The Labute approximate surface area is 208 Å². The average molecular weight is 516 g/mol. The van der Waals surface area contributed by atoms with Gasteiger partial charge in [-0.1, -0.05) is 0 Å². The third kappa shape index (κ3) is 4.35. The number of benzene rings is 1. The van der Waals surface area contributed by atoms with Crippen molar-refractivity contribution >= 4 is 17.4 Å². The van der Waals surface area contributed by atoms with Gasteiger partial charge in [-0.05, 0) is 37.1 Å². The molecule has 2 aliphatic rings. The number of β-amino-alcohol motifs (C(OH)–C–C–N with tert-alkyl or cyclic N) is 1. The molecule has 3 N–H and O–H groups in total. The lowest BCUT2D eigenvalue weighted by Gasteiger charge is -2.22. The number of carbonyl (C=O) groups excluding carboxylic acids is 1. The van der Waals surface area contributed by atoms with E-state index in [2.05, 4.69) is 10.1 Å². The minimum Gasteiger partial charge on any atom is -0.495 e. The van der Waals surface area contributed by atoms with Crippen molar-refractivity contribution in [2.45, 2.75) is 25.1 Å². The van der Waals surface area contributed by atoms with E-state index in [4.69, 9.17) is 10.5 Å². The molecule has 4 heterocycles. The molecule has 37 heavy (non-hydrogen) atoms. The summed E-state index contributed by atoms with van der Waals surface area (Å²) < 4.78 is 48.3. The van der Waals surface area contributed by atoms with Gasteiger partial charge in [0.15, 0.2) is 0 Å². The van der Waals surface area contributed by atoms with E-state index in [0.29, 0.717) is 40.2 Å². The number of rotatable bonds is 4. The Kier molecular flexibility index (Phi) is 6.02. The molecule has 13 heteroatoms. The summed E-state index contributed by atoms with van der Waals surface area (Å²) >= 11 is 0. The van der Waals surface area contributed by atoms with Gasteiger partial charge in [-0.15, -0.1) is 0 Å². The molecule has 2 amide bonds. The van der Waals surface area contributed by atoms with Crippen molar-refractivity contribution in [1.29, 1.82) is 0 Å². The second-order valence-corrected chi connectivity index (χ2v) is 8.83. The number of anilines is 2. The highest BCUT2D eigenvalue weighted by Crippen LogP contribution is 2.38. The molecule has 1 saturated heterocycles. The minimum absolute atomic E-state index is 0.0772. The lowest BCUT2D eigenvalue weighted by Crippen LogP contribution is -2.39. The van der Waals surface area contributed by atoms with E-state index in [9.17, 15) is 27.9 Å². The number of nitrogens with zero attached hydrogens (tertiary/aromatic N) is 5. The summed E-state index contributed by atoms with van der Waals surface area (Å²) in [6.07, 6.45) is -1.83. The predicted molar refractivity (Wildman–Crippen MR) is 128 cm³/mol. The number of urea groups is 1. The number of pyridine rings is 1. The number of fused-ring (bicyclic) bond motifs is 1. The first-order valence-corrected chi connectivity index (χ1v) is 11.5. The Morgan fingerprint density at radius 3 is 2.65 bits per heavy atom. The van der Waals surface area contributed by atoms with Gasteiger partial charge in [0.25, 0.3) is 5.56 Å². The maximum Gasteiger partial charge on any atom is 0.418 e. The first-order chi connectivity index (χ1) is 17.6. The van der Waals surface area contributed by atoms with Crippen LogP contribution in [0.25, 0.3) is 16.9 Å². The summed E-state index contributed by atoms with van der Waals surface area (Å²) in [5.74, 6) is 0.376. The standard InChI is InChI=1S/C24H23F3N6O4/c1-37-16-8-13(10-29-11-16)20-17-5-7-32(23(28)36)21(17)22(35)33(30-20)19-9-14(31-6-4-15(34)12-31)2-3-18(19)24(25,26)27/h2-3,8-11,15,34H,4-7,12H2,1H3,(H2,28,36)/t15-/m0/s1. The maximum absolute atomic E-state index is 14.1. The van der Waals surface area contributed by atoms with E-state index < -0.39 is 35.1 Å². The fourth-order valence-corrected chi connectivity index (χ4v) is 4.78. The van der Waals surface area contributed by atoms with Crippen LogP contribution in [-0.4, -0.2) is 58.8 Å². The third-order valence-electron chi connectivity index (χ3n) is 6.55. The highest BCUT2D eigenvalue weighted by atomic mass is 19.4. The molecule has 0 unspecified atom stereocenters. The smallest absolute Gasteiger partial charge is 0.418 e. The van der Waals surface area contributed by atoms with Gasteiger partial charge >= 0.3 is 12.2 Å². The van der Waals surface area contributed by atoms with Gasteiger partial charge in [0.2, 0.25) is 0 Å². The van der Waals surface area contributed by atoms with Crippen molar-refractivity contribution in [3.63, 3.8) is 0 Å². The Bertz CT molecular complexity index is 1440. The van der Waals surface area contributed by atoms with Crippen LogP contribution >= 0.6 is 0 Å². The molecule has 0 radical (unpaired) electrons. The van der Waals surface area contributed by atoms with Crippen molar-refractivity contribution in [3.8, 4) is 22.7 Å². The minimum atomic E-state index is -4.81. The van der Waals surface area contributed by atoms with E-state index in [-0.39, 0.29) is 30.9 Å². The number of hydrogen-bond acceptors (Lipinski definition) is 7. The Hall–Kier alpha value is -4.13. The summed E-state index contributed by atoms with van der Waals surface area (Å²) in [5.41, 5.74) is 4.22. The normalized spacial score (nSPS) is 17.3. The van der Waals surface area contributed by atoms with Crippen LogP contribution in [0.3, 0.4) is 0 Å². The number of amides is 2. The number of aromatic nitrogens is 3. The van der Waals surface area contributed by atoms with Gasteiger partial charge in [0.1, 0.15) is 11.4 Å². The van der Waals surface area contributed by atoms with Gasteiger partial charge < -0.3 is 20.5 Å². The fourth-order valence-electron chi connectivity index (χ4n) is 4.78. The lowest BCUT2D eigenvalue weighted by atomic mass is 10.1. The van der Waals surface area contributed by atoms with Crippen LogP contribution in [0, 0.1) is 0 Å². The number of halogens is 3. The number of nitrogens with two attached hydrogens (primary N) is 1. The van der Waals surface area contributed by atoms with E-state index in [1.165, 1.54) is 31.6 Å². The molecule has 1 fully saturated rings. The van der Waals surface area contributed by atoms with Gasteiger partial charge in [0, 0.05) is 42.6 Å². The van der Waals surface area contributed by atoms with Gasteiger partial charge in [-0.25, -0.2) is 4.79 Å². The van der Waals surface area contributed by atoms with Gasteiger partial charge in [0.05, 0.1) is 36.4 Å². The number of aliphatic hydroxyl groups excluding tert-OH is 1. The summed E-state index contributed by atoms with van der Waals surface area (Å²) in [7, 11) is 1.44. The van der Waals surface area contributed by atoms with Crippen LogP contribution in [0.4, 0.5) is 29.3 Å². The maximum atomic E-state index is 14.1. The fraction of sp³-hybridized carbons (Fsp3) is 0.333. The molecule has 2 aliphatic heterocycles. The van der Waals surface area contributed by atoms with Crippen molar-refractivity contribution < 1.29 is 27.8 Å². The molecule has 0 spiro atoms. The molecule has 2 aromatic heterocycles. The predicted octanol–water partition coefficient (Wildman–Crippen LogP) is 2.33. The SMILES string of the molecule is COc1cncc(-c2nn(-c3cc(N4CC[C@H](O)C4)ccc3C(F)(F)F)c(=O)c3c2CCN3C(N)=O)c1. The topological polar surface area (TPSA) is 127 Å². The first-order valence-electron chi connectivity index (χ1n) is 11.5. The van der Waals surface area contributed by atoms with Crippen molar-refractivity contribution in [2.75, 3.05) is 36.5 Å². The molecule has 1 atom stereocenters. The zero-order chi connectivity index (χ0) is 26.5. The Morgan fingerprint density at radius 2 is 2.00 bits per heavy atom. The molecular weight excluding hydrogens is 493 g/mol. The van der Waals surface area contributed by atoms with Crippen LogP contribution < -0.4 is 25.8 Å². The number of aliphatic hydroxyl groups is 1. The van der Waals surface area contributed by atoms with Crippen LogP contribution in [0.1, 0.15) is 17.5 Å². The number of alkyl halides is 3. The molecule has 0 saturated carbocycles. The largest absolute Gasteiger partial charge is 0.495 e. The monoisotopic (exact) mass is 516 g/mol. The molecule has 0 bridgehead atoms. The molecule has 0 aliphatic carbocycles. The average Bonchev–Trinajstić information content (AvgIpc) is 3.51. The Morgan fingerprint density at radius 1 is 1.22 bits per heavy atom. The van der Waals surface area contributed by atoms with Gasteiger partial charge in [-0.2, -0.15) is 23.0 Å². The molecule has 3 aromatic rings. The Balaban J connectivity index is 1.79. The van der Waals surface area contributed by atoms with Crippen molar-refractivity contribution in [3.05, 3.63) is 58.1 Å². The highest BCUT2D eigenvalue weighted by Gasteiger charge is 2.37. The zero-order valence-electron chi connectivity index (χ0n) is 19.7. The number of hydrogen-bond donors (Lipinski definition) is 2. The van der Waals surface area contributed by atoms with Crippen molar-refractivity contribution in [1.82, 2.24) is 14.8 Å². The first kappa shape index (κ1) is 24.6. The number of carbonyl (C=O) groups is 1. The van der Waals surface area contributed by atoms with Crippen LogP contribution in [-0.2, 0) is 12.6 Å². The lowest BCUT2D eigenvalue weighted by molar-refractivity contribution is -0.137. The molecule has 5 rings (SSSR count). The summed E-state index contributed by atoms with van der Waals surface area (Å²) in [5, 5.41) is 14.3. The van der Waals surface area contributed by atoms with E-state index in [1.54, 1.807) is 11.0 Å². The molecule has 10 nitrogen and oxygen atoms in total. The number of ether oxygens (including phenoxy) is 1. The molecular formula is C24H23F3N6O4. The van der Waals surface area contributed by atoms with Gasteiger partial charge in [-0.3, -0.25) is 14.7 Å². The van der Waals surface area contributed by atoms with E-state index in [1.807, 2.05) is 0 Å². The number of primary amides is 1. The molecule has 1 aromatic carbocycles. The van der Waals surface area contributed by atoms with Crippen molar-refractivity contribution in [2.24, 2.45) is 5.73 Å². The van der Waals surface area contributed by atoms with Crippen LogP contribution in [0.15, 0.2) is 41.5 Å². The molecule has 194 valence electrons. The van der Waals surface area contributed by atoms with E-state index in [0.717, 1.165) is 11.0 Å². The summed E-state index contributed by atoms with van der Waals surface area (Å²) in [6.45, 7) is 0.760. The number of methoxy groups -OCH3 is 1. The summed E-state index contributed by atoms with van der Waals surface area (Å²) in [4.78, 5) is 32.6. The van der Waals surface area contributed by atoms with E-state index >= 15 is 0 Å². The van der Waals surface area contributed by atoms with Crippen LogP contribution in [0.2, 0.25) is 0 Å². The third-order valence-corrected chi connectivity index (χ3v) is 6.55. The zero-order valence-corrected chi connectivity index (χ0v) is 19.7. The summed E-state index contributed by atoms with van der Waals surface area (Å²) in [6, 6.07) is 4.09.